The van der Waals surface area contributed by atoms with Crippen LogP contribution in [0.2, 0.25) is 0 Å². The second kappa shape index (κ2) is 12.2. The number of ether oxygens (including phenoxy) is 1. The number of benzene rings is 2. The number of carbonyl (C=O) groups excluding carboxylic acids is 2. The summed E-state index contributed by atoms with van der Waals surface area (Å²) >= 11 is 0. The molecule has 0 radical (unpaired) electrons. The van der Waals surface area contributed by atoms with Crippen LogP contribution in [0.3, 0.4) is 0 Å². The van der Waals surface area contributed by atoms with E-state index in [1.54, 1.807) is 13.8 Å². The third-order valence-corrected chi connectivity index (χ3v) is 7.41. The fourth-order valence-corrected chi connectivity index (χ4v) is 5.28. The maximum atomic E-state index is 14.0. The number of hydrogen-bond acceptors (Lipinski definition) is 5. The van der Waals surface area contributed by atoms with Crippen LogP contribution in [-0.4, -0.2) is 60.1 Å². The highest BCUT2D eigenvalue weighted by atomic mass is 35.5. The van der Waals surface area contributed by atoms with E-state index < -0.39 is 40.6 Å². The molecule has 0 aliphatic carbocycles. The molecule has 10 heteroatoms. The quantitative estimate of drug-likeness (QED) is 0.530. The summed E-state index contributed by atoms with van der Waals surface area (Å²) in [6.45, 7) is 5.78. The summed E-state index contributed by atoms with van der Waals surface area (Å²) in [4.78, 5) is 29.1. The van der Waals surface area contributed by atoms with Crippen molar-refractivity contribution in [3.05, 3.63) is 71.3 Å². The third-order valence-electron chi connectivity index (χ3n) is 7.41. The van der Waals surface area contributed by atoms with Gasteiger partial charge in [-0.15, -0.1) is 12.4 Å². The first-order valence-corrected chi connectivity index (χ1v) is 12.5. The van der Waals surface area contributed by atoms with E-state index in [1.165, 1.54) is 6.07 Å². The predicted octanol–water partition coefficient (Wildman–Crippen LogP) is 4.72. The average molecular weight is 547 g/mol. The zero-order chi connectivity index (χ0) is 26.6. The van der Waals surface area contributed by atoms with Crippen LogP contribution in [0.15, 0.2) is 48.5 Å². The van der Waals surface area contributed by atoms with E-state index >= 15 is 0 Å². The van der Waals surface area contributed by atoms with Gasteiger partial charge in [-0.2, -0.15) is 5.26 Å². The van der Waals surface area contributed by atoms with Crippen LogP contribution >= 0.6 is 12.4 Å². The molecule has 0 bridgehead atoms. The lowest BCUT2D eigenvalue weighted by molar-refractivity contribution is -0.165. The molecule has 2 aromatic rings. The summed E-state index contributed by atoms with van der Waals surface area (Å²) in [5.41, 5.74) is -0.127. The molecule has 7 nitrogen and oxygen atoms in total. The molecular formula is C28H33ClF2N4O3. The number of piperidine rings is 1. The van der Waals surface area contributed by atoms with E-state index in [-0.39, 0.29) is 24.6 Å². The van der Waals surface area contributed by atoms with E-state index in [2.05, 4.69) is 16.3 Å². The average Bonchev–Trinajstić information content (AvgIpc) is 2.90. The number of nitrogens with one attached hydrogen (secondary N) is 1. The Morgan fingerprint density at radius 3 is 2.45 bits per heavy atom. The van der Waals surface area contributed by atoms with Crippen molar-refractivity contribution < 1.29 is 23.1 Å². The number of likely N-dealkylation sites (tertiary alicyclic amines) is 1. The molecule has 4 rings (SSSR count). The van der Waals surface area contributed by atoms with Crippen LogP contribution < -0.4 is 5.32 Å². The second-order valence-electron chi connectivity index (χ2n) is 10.2. The number of hydrogen-bond donors (Lipinski definition) is 1. The van der Waals surface area contributed by atoms with Gasteiger partial charge in [0.05, 0.1) is 23.1 Å². The SMILES string of the molecule is CC1(C)OCC(=O)N(C(=O)NCCCN2CCC(C#N)(c3ccccc3)CC2)C1c1ccc(F)c(F)c1.Cl. The molecule has 2 aromatic carbocycles. The molecule has 204 valence electrons. The molecule has 2 aliphatic heterocycles. The van der Waals surface area contributed by atoms with Crippen molar-refractivity contribution in [2.45, 2.75) is 50.2 Å². The first-order valence-electron chi connectivity index (χ1n) is 12.5. The van der Waals surface area contributed by atoms with Gasteiger partial charge in [-0.05, 0) is 76.0 Å². The Bertz CT molecular complexity index is 1180. The molecule has 1 atom stereocenters. The van der Waals surface area contributed by atoms with Crippen molar-refractivity contribution >= 4 is 24.3 Å². The Morgan fingerprint density at radius 2 is 1.82 bits per heavy atom. The summed E-state index contributed by atoms with van der Waals surface area (Å²) in [5.74, 6) is -2.61. The molecule has 2 heterocycles. The van der Waals surface area contributed by atoms with Crippen molar-refractivity contribution in [1.29, 1.82) is 5.26 Å². The zero-order valence-electron chi connectivity index (χ0n) is 21.6. The fourth-order valence-electron chi connectivity index (χ4n) is 5.28. The minimum atomic E-state index is -1.05. The maximum Gasteiger partial charge on any atom is 0.324 e. The first-order chi connectivity index (χ1) is 17.7. The van der Waals surface area contributed by atoms with Gasteiger partial charge in [0, 0.05) is 6.54 Å². The summed E-state index contributed by atoms with van der Waals surface area (Å²) in [7, 11) is 0. The standard InChI is InChI=1S/C28H32F2N4O3.ClH/c1-27(2)25(20-9-10-22(29)23(30)17-20)34(24(35)18-37-27)26(36)32-13-6-14-33-15-11-28(19-31,12-16-33)21-7-4-3-5-8-21;/h3-5,7-10,17,25H,6,11-16,18H2,1-2H3,(H,32,36);1H. The molecular weight excluding hydrogens is 514 g/mol. The number of amides is 3. The van der Waals surface area contributed by atoms with Gasteiger partial charge in [0.2, 0.25) is 0 Å². The minimum Gasteiger partial charge on any atom is -0.363 e. The Hall–Kier alpha value is -3.06. The monoisotopic (exact) mass is 546 g/mol. The number of nitriles is 1. The molecule has 0 aromatic heterocycles. The number of imide groups is 1. The topological polar surface area (TPSA) is 85.7 Å². The van der Waals surface area contributed by atoms with Gasteiger partial charge in [-0.25, -0.2) is 13.6 Å². The van der Waals surface area contributed by atoms with Crippen LogP contribution in [0.25, 0.3) is 0 Å². The van der Waals surface area contributed by atoms with E-state index in [0.717, 1.165) is 55.1 Å². The van der Waals surface area contributed by atoms with Crippen LogP contribution in [0.5, 0.6) is 0 Å². The van der Waals surface area contributed by atoms with Gasteiger partial charge >= 0.3 is 6.03 Å². The number of urea groups is 1. The molecule has 0 spiro atoms. The van der Waals surface area contributed by atoms with Gasteiger partial charge in [0.1, 0.15) is 6.61 Å². The van der Waals surface area contributed by atoms with Gasteiger partial charge in [0.15, 0.2) is 11.6 Å². The number of carbonyl (C=O) groups is 2. The highest BCUT2D eigenvalue weighted by Crippen LogP contribution is 2.38. The number of morpholine rings is 1. The Morgan fingerprint density at radius 1 is 1.13 bits per heavy atom. The number of nitrogens with zero attached hydrogens (tertiary/aromatic N) is 3. The lowest BCUT2D eigenvalue weighted by atomic mass is 9.74. The van der Waals surface area contributed by atoms with Crippen LogP contribution in [-0.2, 0) is 14.9 Å². The molecule has 2 fully saturated rings. The van der Waals surface area contributed by atoms with Crippen molar-refractivity contribution in [3.8, 4) is 6.07 Å². The highest BCUT2D eigenvalue weighted by Gasteiger charge is 2.46. The van der Waals surface area contributed by atoms with Gasteiger partial charge < -0.3 is 15.0 Å². The Kier molecular flexibility index (Phi) is 9.47. The molecule has 1 N–H and O–H groups in total. The van der Waals surface area contributed by atoms with E-state index in [1.807, 2.05) is 30.3 Å². The van der Waals surface area contributed by atoms with Gasteiger partial charge in [0.25, 0.3) is 5.91 Å². The molecule has 1 unspecified atom stereocenters. The molecule has 0 saturated carbocycles. The Labute approximate surface area is 228 Å². The lowest BCUT2D eigenvalue weighted by Crippen LogP contribution is -2.58. The van der Waals surface area contributed by atoms with Gasteiger partial charge in [-0.3, -0.25) is 9.69 Å². The van der Waals surface area contributed by atoms with E-state index in [4.69, 9.17) is 4.74 Å². The van der Waals surface area contributed by atoms with Crippen LogP contribution in [0, 0.1) is 23.0 Å². The van der Waals surface area contributed by atoms with Crippen LogP contribution in [0.4, 0.5) is 13.6 Å². The van der Waals surface area contributed by atoms with Crippen molar-refractivity contribution in [3.63, 3.8) is 0 Å². The first kappa shape index (κ1) is 29.5. The molecule has 3 amide bonds. The van der Waals surface area contributed by atoms with E-state index in [9.17, 15) is 23.6 Å². The summed E-state index contributed by atoms with van der Waals surface area (Å²) < 4.78 is 33.1. The minimum absolute atomic E-state index is 0. The summed E-state index contributed by atoms with van der Waals surface area (Å²) in [6.07, 6.45) is 2.15. The zero-order valence-corrected chi connectivity index (χ0v) is 22.4. The molecule has 2 saturated heterocycles. The van der Waals surface area contributed by atoms with Gasteiger partial charge in [-0.1, -0.05) is 36.4 Å². The Balaban J connectivity index is 0.00000400. The fraction of sp³-hybridized carbons (Fsp3) is 0.464. The van der Waals surface area contributed by atoms with Crippen LogP contribution in [0.1, 0.15) is 50.3 Å². The van der Waals surface area contributed by atoms with E-state index in [0.29, 0.717) is 13.0 Å². The predicted molar refractivity (Wildman–Crippen MR) is 141 cm³/mol. The smallest absolute Gasteiger partial charge is 0.324 e. The number of halogens is 3. The van der Waals surface area contributed by atoms with Crippen molar-refractivity contribution in [2.24, 2.45) is 0 Å². The summed E-state index contributed by atoms with van der Waals surface area (Å²) in [6, 6.07) is 14.2. The third kappa shape index (κ3) is 6.15. The van der Waals surface area contributed by atoms with Crippen molar-refractivity contribution in [2.75, 3.05) is 32.8 Å². The molecule has 2 aliphatic rings. The highest BCUT2D eigenvalue weighted by molar-refractivity contribution is 5.96. The van der Waals surface area contributed by atoms with Crippen molar-refractivity contribution in [1.82, 2.24) is 15.1 Å². The maximum absolute atomic E-state index is 14.0. The second-order valence-corrected chi connectivity index (χ2v) is 10.2. The largest absolute Gasteiger partial charge is 0.363 e. The normalized spacial score (nSPS) is 20.8. The number of rotatable bonds is 6. The summed E-state index contributed by atoms with van der Waals surface area (Å²) in [5, 5.41) is 12.7. The molecule has 38 heavy (non-hydrogen) atoms. The lowest BCUT2D eigenvalue weighted by Gasteiger charge is -2.44.